The molecule has 0 saturated carbocycles. The fourth-order valence-electron chi connectivity index (χ4n) is 4.16. The number of nitrogens with one attached hydrogen (secondary N) is 2. The number of amides is 3. The normalized spacial score (nSPS) is 15.9. The van der Waals surface area contributed by atoms with Crippen LogP contribution in [0.15, 0.2) is 72.1 Å². The minimum atomic E-state index is -0.912. The Kier molecular flexibility index (Phi) is 8.28. The van der Waals surface area contributed by atoms with Gasteiger partial charge in [-0.05, 0) is 48.4 Å². The lowest BCUT2D eigenvalue weighted by molar-refractivity contribution is -0.126. The van der Waals surface area contributed by atoms with Crippen molar-refractivity contribution in [1.82, 2.24) is 10.6 Å². The van der Waals surface area contributed by atoms with Crippen LogP contribution in [0, 0.1) is 6.92 Å². The number of carbonyl (C=O) groups is 3. The summed E-state index contributed by atoms with van der Waals surface area (Å²) in [7, 11) is 0. The van der Waals surface area contributed by atoms with Crippen molar-refractivity contribution in [3.05, 3.63) is 88.1 Å². The molecule has 182 valence electrons. The van der Waals surface area contributed by atoms with Gasteiger partial charge < -0.3 is 15.4 Å². The van der Waals surface area contributed by atoms with E-state index < -0.39 is 6.04 Å². The van der Waals surface area contributed by atoms with Gasteiger partial charge in [-0.1, -0.05) is 54.6 Å². The van der Waals surface area contributed by atoms with E-state index >= 15 is 0 Å². The summed E-state index contributed by atoms with van der Waals surface area (Å²) in [5.41, 5.74) is 2.14. The van der Waals surface area contributed by atoms with Crippen LogP contribution in [0.3, 0.4) is 0 Å². The Morgan fingerprint density at radius 3 is 2.49 bits per heavy atom. The van der Waals surface area contributed by atoms with Crippen LogP contribution in [0.5, 0.6) is 0 Å². The van der Waals surface area contributed by atoms with Gasteiger partial charge in [-0.3, -0.25) is 19.3 Å². The zero-order chi connectivity index (χ0) is 24.6. The zero-order valence-electron chi connectivity index (χ0n) is 19.6. The van der Waals surface area contributed by atoms with Crippen molar-refractivity contribution >= 4 is 34.7 Å². The van der Waals surface area contributed by atoms with Crippen molar-refractivity contribution in [2.45, 2.75) is 31.9 Å². The smallest absolute Gasteiger partial charge is 0.261 e. The molecule has 3 aromatic rings. The van der Waals surface area contributed by atoms with Gasteiger partial charge in [-0.25, -0.2) is 0 Å². The van der Waals surface area contributed by atoms with Gasteiger partial charge in [0.15, 0.2) is 0 Å². The molecule has 1 aliphatic heterocycles. The number of hydrogen-bond donors (Lipinski definition) is 2. The van der Waals surface area contributed by atoms with Gasteiger partial charge in [-0.2, -0.15) is 0 Å². The maximum Gasteiger partial charge on any atom is 0.261 e. The second kappa shape index (κ2) is 11.8. The standard InChI is InChI=1S/C27H29N3O4S/c1-19-9-5-6-13-22(19)30(24(31)18-29-26(32)23-14-8-16-35-23)25(20-10-3-2-4-11-20)27(33)28-17-21-12-7-15-34-21/h2-6,8-11,13-14,16,21,25H,7,12,15,17-18H2,1H3,(H,28,33)(H,29,32)/t21-,25-/m0/s1. The van der Waals surface area contributed by atoms with Crippen molar-refractivity contribution in [3.8, 4) is 0 Å². The first-order valence-corrected chi connectivity index (χ1v) is 12.6. The molecule has 0 aliphatic carbocycles. The molecule has 8 heteroatoms. The number of para-hydroxylation sites is 1. The monoisotopic (exact) mass is 491 g/mol. The third-order valence-corrected chi connectivity index (χ3v) is 6.81. The molecule has 4 rings (SSSR count). The van der Waals surface area contributed by atoms with Gasteiger partial charge in [0, 0.05) is 18.8 Å². The molecule has 2 aromatic carbocycles. The predicted octanol–water partition coefficient (Wildman–Crippen LogP) is 3.86. The zero-order valence-corrected chi connectivity index (χ0v) is 20.4. The lowest BCUT2D eigenvalue weighted by atomic mass is 10.0. The van der Waals surface area contributed by atoms with Gasteiger partial charge in [0.2, 0.25) is 11.8 Å². The summed E-state index contributed by atoms with van der Waals surface area (Å²) < 4.78 is 5.66. The maximum absolute atomic E-state index is 13.7. The molecule has 1 aromatic heterocycles. The molecule has 2 N–H and O–H groups in total. The van der Waals surface area contributed by atoms with Crippen molar-refractivity contribution in [1.29, 1.82) is 0 Å². The third-order valence-electron chi connectivity index (χ3n) is 5.94. The Bertz CT molecular complexity index is 1140. The summed E-state index contributed by atoms with van der Waals surface area (Å²) in [5.74, 6) is -1.00. The number of rotatable bonds is 9. The molecule has 7 nitrogen and oxygen atoms in total. The number of aryl methyl sites for hydroxylation is 1. The van der Waals surface area contributed by atoms with E-state index in [-0.39, 0.29) is 30.4 Å². The third kappa shape index (κ3) is 6.15. The molecule has 0 spiro atoms. The Morgan fingerprint density at radius 1 is 1.03 bits per heavy atom. The highest BCUT2D eigenvalue weighted by Crippen LogP contribution is 2.30. The topological polar surface area (TPSA) is 87.7 Å². The predicted molar refractivity (Wildman–Crippen MR) is 136 cm³/mol. The number of anilines is 1. The molecule has 2 atom stereocenters. The molecule has 0 radical (unpaired) electrons. The van der Waals surface area contributed by atoms with E-state index in [9.17, 15) is 14.4 Å². The van der Waals surface area contributed by atoms with Crippen LogP contribution >= 0.6 is 11.3 Å². The SMILES string of the molecule is Cc1ccccc1N(C(=O)CNC(=O)c1cccs1)[C@H](C(=O)NC[C@@H]1CCCO1)c1ccccc1. The average molecular weight is 492 g/mol. The number of ether oxygens (including phenoxy) is 1. The number of hydrogen-bond acceptors (Lipinski definition) is 5. The van der Waals surface area contributed by atoms with Crippen molar-refractivity contribution < 1.29 is 19.1 Å². The highest BCUT2D eigenvalue weighted by atomic mass is 32.1. The molecule has 1 saturated heterocycles. The van der Waals surface area contributed by atoms with Gasteiger partial charge in [0.05, 0.1) is 17.5 Å². The second-order valence-electron chi connectivity index (χ2n) is 8.40. The van der Waals surface area contributed by atoms with Crippen molar-refractivity contribution in [2.24, 2.45) is 0 Å². The summed E-state index contributed by atoms with van der Waals surface area (Å²) in [6.45, 7) is 2.73. The van der Waals surface area contributed by atoms with Crippen LogP contribution in [-0.2, 0) is 14.3 Å². The summed E-state index contributed by atoms with van der Waals surface area (Å²) >= 11 is 1.30. The van der Waals surface area contributed by atoms with E-state index in [1.807, 2.05) is 61.5 Å². The Labute approximate surface area is 209 Å². The second-order valence-corrected chi connectivity index (χ2v) is 9.35. The van der Waals surface area contributed by atoms with E-state index in [0.29, 0.717) is 29.3 Å². The Morgan fingerprint density at radius 2 is 1.80 bits per heavy atom. The number of carbonyl (C=O) groups excluding carboxylic acids is 3. The lowest BCUT2D eigenvalue weighted by Crippen LogP contribution is -2.48. The summed E-state index contributed by atoms with van der Waals surface area (Å²) in [6.07, 6.45) is 1.84. The van der Waals surface area contributed by atoms with Gasteiger partial charge in [0.25, 0.3) is 5.91 Å². The fraction of sp³-hybridized carbons (Fsp3) is 0.296. The van der Waals surface area contributed by atoms with E-state index in [4.69, 9.17) is 4.74 Å². The summed E-state index contributed by atoms with van der Waals surface area (Å²) in [5, 5.41) is 7.50. The van der Waals surface area contributed by atoms with Crippen LogP contribution in [0.25, 0.3) is 0 Å². The molecule has 0 bridgehead atoms. The van der Waals surface area contributed by atoms with Gasteiger partial charge in [-0.15, -0.1) is 11.3 Å². The maximum atomic E-state index is 13.7. The minimum absolute atomic E-state index is 0.0249. The molecule has 0 unspecified atom stereocenters. The fourth-order valence-corrected chi connectivity index (χ4v) is 4.80. The quantitative estimate of drug-likeness (QED) is 0.476. The van der Waals surface area contributed by atoms with E-state index in [2.05, 4.69) is 10.6 Å². The first-order valence-electron chi connectivity index (χ1n) is 11.7. The van der Waals surface area contributed by atoms with E-state index in [1.165, 1.54) is 16.2 Å². The minimum Gasteiger partial charge on any atom is -0.376 e. The van der Waals surface area contributed by atoms with Gasteiger partial charge in [0.1, 0.15) is 6.04 Å². The first kappa shape index (κ1) is 24.6. The average Bonchev–Trinajstić information content (AvgIpc) is 3.60. The van der Waals surface area contributed by atoms with Gasteiger partial charge >= 0.3 is 0 Å². The molecular weight excluding hydrogens is 462 g/mol. The van der Waals surface area contributed by atoms with E-state index in [0.717, 1.165) is 18.4 Å². The highest BCUT2D eigenvalue weighted by molar-refractivity contribution is 7.12. The summed E-state index contributed by atoms with van der Waals surface area (Å²) in [4.78, 5) is 41.8. The first-order chi connectivity index (χ1) is 17.0. The molecule has 1 fully saturated rings. The van der Waals surface area contributed by atoms with Crippen LogP contribution in [0.2, 0.25) is 0 Å². The molecule has 1 aliphatic rings. The molecule has 2 heterocycles. The van der Waals surface area contributed by atoms with Crippen LogP contribution in [0.4, 0.5) is 5.69 Å². The number of nitrogens with zero attached hydrogens (tertiary/aromatic N) is 1. The molecule has 3 amide bonds. The van der Waals surface area contributed by atoms with Crippen LogP contribution < -0.4 is 15.5 Å². The van der Waals surface area contributed by atoms with Crippen molar-refractivity contribution in [3.63, 3.8) is 0 Å². The largest absolute Gasteiger partial charge is 0.376 e. The lowest BCUT2D eigenvalue weighted by Gasteiger charge is -2.33. The van der Waals surface area contributed by atoms with E-state index in [1.54, 1.807) is 17.5 Å². The Hall–Kier alpha value is -3.49. The number of thiophene rings is 1. The summed E-state index contributed by atoms with van der Waals surface area (Å²) in [6, 6.07) is 19.2. The highest BCUT2D eigenvalue weighted by Gasteiger charge is 2.34. The molecular formula is C27H29N3O4S. The number of benzene rings is 2. The Balaban J connectivity index is 1.64. The van der Waals surface area contributed by atoms with Crippen LogP contribution in [-0.4, -0.2) is 43.5 Å². The molecule has 35 heavy (non-hydrogen) atoms. The van der Waals surface area contributed by atoms with Crippen molar-refractivity contribution in [2.75, 3.05) is 24.6 Å². The van der Waals surface area contributed by atoms with Crippen LogP contribution in [0.1, 0.15) is 39.7 Å².